The SMILES string of the molecule is Cc1ccccc1NC(=O)c1ccc(S(=O)(=O)Nc2ccc(Cl)cc2)c(C)c1. The summed E-state index contributed by atoms with van der Waals surface area (Å²) in [5.41, 5.74) is 2.92. The van der Waals surface area contributed by atoms with E-state index in [2.05, 4.69) is 10.0 Å². The Hall–Kier alpha value is -2.83. The molecule has 5 nitrogen and oxygen atoms in total. The Bertz CT molecular complexity index is 1130. The van der Waals surface area contributed by atoms with Gasteiger partial charge >= 0.3 is 0 Å². The van der Waals surface area contributed by atoms with Crippen LogP contribution in [0.2, 0.25) is 5.02 Å². The maximum absolute atomic E-state index is 12.7. The number of nitrogens with one attached hydrogen (secondary N) is 2. The second-order valence-electron chi connectivity index (χ2n) is 6.36. The van der Waals surface area contributed by atoms with Crippen molar-refractivity contribution in [3.05, 3.63) is 88.4 Å². The van der Waals surface area contributed by atoms with E-state index >= 15 is 0 Å². The third-order valence-corrected chi connectivity index (χ3v) is 6.01. The van der Waals surface area contributed by atoms with Gasteiger partial charge in [0, 0.05) is 22.0 Å². The molecule has 0 spiro atoms. The number of carbonyl (C=O) groups is 1. The maximum atomic E-state index is 12.7. The largest absolute Gasteiger partial charge is 0.322 e. The summed E-state index contributed by atoms with van der Waals surface area (Å²) in [5.74, 6) is -0.299. The number of benzene rings is 3. The molecule has 0 fully saturated rings. The molecule has 7 heteroatoms. The average Bonchev–Trinajstić information content (AvgIpc) is 2.65. The molecule has 28 heavy (non-hydrogen) atoms. The standard InChI is InChI=1S/C21H19ClN2O3S/c1-14-5-3-4-6-19(14)23-21(25)16-7-12-20(15(2)13-16)28(26,27)24-18-10-8-17(22)9-11-18/h3-13,24H,1-2H3,(H,23,25). The van der Waals surface area contributed by atoms with Crippen molar-refractivity contribution in [3.8, 4) is 0 Å². The van der Waals surface area contributed by atoms with Gasteiger partial charge in [0.2, 0.25) is 0 Å². The topological polar surface area (TPSA) is 75.3 Å². The van der Waals surface area contributed by atoms with Crippen LogP contribution in [-0.2, 0) is 10.0 Å². The molecule has 0 bridgehead atoms. The van der Waals surface area contributed by atoms with Crippen molar-refractivity contribution in [2.24, 2.45) is 0 Å². The third-order valence-electron chi connectivity index (χ3n) is 4.22. The number of hydrogen-bond acceptors (Lipinski definition) is 3. The van der Waals surface area contributed by atoms with Crippen LogP contribution >= 0.6 is 11.6 Å². The molecule has 2 N–H and O–H groups in total. The summed E-state index contributed by atoms with van der Waals surface area (Å²) < 4.78 is 27.9. The van der Waals surface area contributed by atoms with Gasteiger partial charge in [-0.1, -0.05) is 29.8 Å². The van der Waals surface area contributed by atoms with E-state index in [0.29, 0.717) is 27.5 Å². The monoisotopic (exact) mass is 414 g/mol. The van der Waals surface area contributed by atoms with Crippen LogP contribution in [0.15, 0.2) is 71.6 Å². The third kappa shape index (κ3) is 4.52. The molecule has 0 aromatic heterocycles. The summed E-state index contributed by atoms with van der Waals surface area (Å²) in [6.45, 7) is 3.56. The van der Waals surface area contributed by atoms with Crippen LogP contribution in [0.25, 0.3) is 0 Å². The van der Waals surface area contributed by atoms with E-state index in [1.165, 1.54) is 12.1 Å². The number of para-hydroxylation sites is 1. The van der Waals surface area contributed by atoms with Crippen LogP contribution in [-0.4, -0.2) is 14.3 Å². The molecule has 0 heterocycles. The average molecular weight is 415 g/mol. The zero-order valence-corrected chi connectivity index (χ0v) is 16.9. The van der Waals surface area contributed by atoms with Crippen molar-refractivity contribution in [1.29, 1.82) is 0 Å². The Morgan fingerprint density at radius 1 is 0.893 bits per heavy atom. The normalized spacial score (nSPS) is 11.1. The number of carbonyl (C=O) groups excluding carboxylic acids is 1. The fourth-order valence-corrected chi connectivity index (χ4v) is 4.14. The molecule has 0 saturated heterocycles. The molecule has 3 aromatic carbocycles. The van der Waals surface area contributed by atoms with E-state index in [0.717, 1.165) is 5.56 Å². The van der Waals surface area contributed by atoms with Crippen molar-refractivity contribution < 1.29 is 13.2 Å². The minimum Gasteiger partial charge on any atom is -0.322 e. The second-order valence-corrected chi connectivity index (χ2v) is 8.45. The van der Waals surface area contributed by atoms with E-state index in [9.17, 15) is 13.2 Å². The van der Waals surface area contributed by atoms with Gasteiger partial charge in [0.15, 0.2) is 0 Å². The van der Waals surface area contributed by atoms with Gasteiger partial charge < -0.3 is 5.32 Å². The van der Waals surface area contributed by atoms with Crippen molar-refractivity contribution >= 4 is 38.9 Å². The van der Waals surface area contributed by atoms with Crippen molar-refractivity contribution in [3.63, 3.8) is 0 Å². The summed E-state index contributed by atoms with van der Waals surface area (Å²) in [4.78, 5) is 12.6. The summed E-state index contributed by atoms with van der Waals surface area (Å²) >= 11 is 5.82. The molecule has 0 radical (unpaired) electrons. The number of amides is 1. The first-order chi connectivity index (χ1) is 13.3. The molecular formula is C21H19ClN2O3S. The van der Waals surface area contributed by atoms with Crippen LogP contribution < -0.4 is 10.0 Å². The van der Waals surface area contributed by atoms with E-state index in [-0.39, 0.29) is 10.8 Å². The van der Waals surface area contributed by atoms with E-state index in [1.54, 1.807) is 37.3 Å². The zero-order valence-electron chi connectivity index (χ0n) is 15.4. The van der Waals surface area contributed by atoms with Crippen LogP contribution in [0, 0.1) is 13.8 Å². The first-order valence-corrected chi connectivity index (χ1v) is 10.4. The Balaban J connectivity index is 1.82. The first-order valence-electron chi connectivity index (χ1n) is 8.52. The van der Waals surface area contributed by atoms with Gasteiger partial charge in [0.05, 0.1) is 4.90 Å². The van der Waals surface area contributed by atoms with Crippen LogP contribution in [0.5, 0.6) is 0 Å². The molecule has 0 aliphatic rings. The Kier molecular flexibility index (Phi) is 5.72. The van der Waals surface area contributed by atoms with Crippen LogP contribution in [0.3, 0.4) is 0 Å². The summed E-state index contributed by atoms with van der Waals surface area (Å²) in [6.07, 6.45) is 0. The van der Waals surface area contributed by atoms with Gasteiger partial charge in [-0.2, -0.15) is 0 Å². The zero-order chi connectivity index (χ0) is 20.3. The highest BCUT2D eigenvalue weighted by Crippen LogP contribution is 2.22. The van der Waals surface area contributed by atoms with Gasteiger partial charge in [-0.05, 0) is 73.5 Å². The summed E-state index contributed by atoms with van der Waals surface area (Å²) in [6, 6.07) is 18.3. The number of rotatable bonds is 5. The first kappa shape index (κ1) is 19.9. The fraction of sp³-hybridized carbons (Fsp3) is 0.0952. The predicted octanol–water partition coefficient (Wildman–Crippen LogP) is 5.01. The Morgan fingerprint density at radius 2 is 1.57 bits per heavy atom. The summed E-state index contributed by atoms with van der Waals surface area (Å²) in [7, 11) is -3.79. The van der Waals surface area contributed by atoms with Crippen molar-refractivity contribution in [2.75, 3.05) is 10.0 Å². The number of halogens is 1. The van der Waals surface area contributed by atoms with Gasteiger partial charge in [-0.25, -0.2) is 8.42 Å². The highest BCUT2D eigenvalue weighted by Gasteiger charge is 2.19. The summed E-state index contributed by atoms with van der Waals surface area (Å²) in [5, 5.41) is 3.36. The van der Waals surface area contributed by atoms with Crippen molar-refractivity contribution in [2.45, 2.75) is 18.7 Å². The molecule has 0 saturated carbocycles. The molecule has 0 aliphatic carbocycles. The molecule has 3 rings (SSSR count). The van der Waals surface area contributed by atoms with Crippen LogP contribution in [0.1, 0.15) is 21.5 Å². The molecule has 3 aromatic rings. The molecule has 144 valence electrons. The van der Waals surface area contributed by atoms with Gasteiger partial charge in [-0.3, -0.25) is 9.52 Å². The second kappa shape index (κ2) is 8.04. The van der Waals surface area contributed by atoms with Gasteiger partial charge in [0.1, 0.15) is 0 Å². The fourth-order valence-electron chi connectivity index (χ4n) is 2.73. The highest BCUT2D eigenvalue weighted by molar-refractivity contribution is 7.92. The molecule has 0 unspecified atom stereocenters. The lowest BCUT2D eigenvalue weighted by Gasteiger charge is -2.12. The van der Waals surface area contributed by atoms with E-state index < -0.39 is 10.0 Å². The minimum absolute atomic E-state index is 0.106. The Labute approximate surface area is 169 Å². The highest BCUT2D eigenvalue weighted by atomic mass is 35.5. The van der Waals surface area contributed by atoms with E-state index in [1.807, 2.05) is 31.2 Å². The lowest BCUT2D eigenvalue weighted by atomic mass is 10.1. The number of sulfonamides is 1. The maximum Gasteiger partial charge on any atom is 0.262 e. The Morgan fingerprint density at radius 3 is 2.21 bits per heavy atom. The molecular weight excluding hydrogens is 396 g/mol. The lowest BCUT2D eigenvalue weighted by Crippen LogP contribution is -2.16. The molecule has 1 amide bonds. The predicted molar refractivity (Wildman–Crippen MR) is 113 cm³/mol. The van der Waals surface area contributed by atoms with Gasteiger partial charge in [-0.15, -0.1) is 0 Å². The minimum atomic E-state index is -3.79. The lowest BCUT2D eigenvalue weighted by molar-refractivity contribution is 0.102. The number of hydrogen-bond donors (Lipinski definition) is 2. The van der Waals surface area contributed by atoms with Gasteiger partial charge in [0.25, 0.3) is 15.9 Å². The van der Waals surface area contributed by atoms with E-state index in [4.69, 9.17) is 11.6 Å². The molecule has 0 atom stereocenters. The molecule has 0 aliphatic heterocycles. The number of aryl methyl sites for hydroxylation is 2. The van der Waals surface area contributed by atoms with Crippen molar-refractivity contribution in [1.82, 2.24) is 0 Å². The quantitative estimate of drug-likeness (QED) is 0.616. The van der Waals surface area contributed by atoms with Crippen LogP contribution in [0.4, 0.5) is 11.4 Å². The number of anilines is 2. The smallest absolute Gasteiger partial charge is 0.262 e.